The normalized spacial score (nSPS) is 13.1. The largest absolute Gasteiger partial charge is 0.476 e. The van der Waals surface area contributed by atoms with Crippen LogP contribution in [0, 0.1) is 5.41 Å². The molecule has 6 nitrogen and oxygen atoms in total. The van der Waals surface area contributed by atoms with Gasteiger partial charge in [-0.1, -0.05) is 20.8 Å². The molecule has 0 aliphatic heterocycles. The van der Waals surface area contributed by atoms with Gasteiger partial charge in [-0.2, -0.15) is 4.98 Å². The lowest BCUT2D eigenvalue weighted by Gasteiger charge is -2.22. The van der Waals surface area contributed by atoms with Gasteiger partial charge in [0.2, 0.25) is 5.88 Å². The summed E-state index contributed by atoms with van der Waals surface area (Å²) in [5.41, 5.74) is 6.33. The molecule has 0 fully saturated rings. The van der Waals surface area contributed by atoms with Crippen molar-refractivity contribution in [2.75, 3.05) is 24.2 Å². The number of nitrogens with one attached hydrogen (secondary N) is 1. The molecule has 0 saturated carbocycles. The fourth-order valence-electron chi connectivity index (χ4n) is 1.77. The van der Waals surface area contributed by atoms with Crippen molar-refractivity contribution in [1.82, 2.24) is 9.97 Å². The van der Waals surface area contributed by atoms with Crippen molar-refractivity contribution in [2.24, 2.45) is 5.41 Å². The second kappa shape index (κ2) is 6.56. The second-order valence-corrected chi connectivity index (χ2v) is 5.67. The zero-order valence-electron chi connectivity index (χ0n) is 12.1. The van der Waals surface area contributed by atoms with Crippen molar-refractivity contribution < 1.29 is 9.84 Å². The summed E-state index contributed by atoms with van der Waals surface area (Å²) in [5.74, 6) is 0.858. The smallest absolute Gasteiger partial charge is 0.242 e. The Kier molecular flexibility index (Phi) is 5.35. The number of rotatable bonds is 6. The van der Waals surface area contributed by atoms with Gasteiger partial charge in [0.15, 0.2) is 5.82 Å². The molecule has 0 spiro atoms. The van der Waals surface area contributed by atoms with Crippen LogP contribution in [0.1, 0.15) is 34.1 Å². The minimum Gasteiger partial charge on any atom is -0.476 e. The second-order valence-electron chi connectivity index (χ2n) is 5.67. The minimum atomic E-state index is -0.454. The Hall–Kier alpha value is -1.56. The van der Waals surface area contributed by atoms with Crippen LogP contribution in [0.5, 0.6) is 5.88 Å². The third-order valence-electron chi connectivity index (χ3n) is 2.48. The van der Waals surface area contributed by atoms with E-state index in [2.05, 4.69) is 36.1 Å². The molecule has 1 aromatic rings. The summed E-state index contributed by atoms with van der Waals surface area (Å²) in [6.45, 7) is 9.01. The van der Waals surface area contributed by atoms with E-state index in [0.717, 1.165) is 0 Å². The van der Waals surface area contributed by atoms with Gasteiger partial charge in [-0.15, -0.1) is 0 Å². The van der Waals surface area contributed by atoms with Gasteiger partial charge in [-0.25, -0.2) is 4.98 Å². The molecule has 1 atom stereocenters. The van der Waals surface area contributed by atoms with Gasteiger partial charge in [0.25, 0.3) is 0 Å². The van der Waals surface area contributed by atoms with Crippen LogP contribution in [-0.4, -0.2) is 34.3 Å². The number of nitrogens with two attached hydrogens (primary N) is 1. The zero-order valence-corrected chi connectivity index (χ0v) is 12.1. The monoisotopic (exact) mass is 268 g/mol. The molecular formula is C13H24N4O2. The Morgan fingerprint density at radius 2 is 2.11 bits per heavy atom. The lowest BCUT2D eigenvalue weighted by molar-refractivity contribution is 0.132. The molecule has 4 N–H and O–H groups in total. The third-order valence-corrected chi connectivity index (χ3v) is 2.48. The summed E-state index contributed by atoms with van der Waals surface area (Å²) in [5, 5.41) is 13.0. The molecule has 1 heterocycles. The molecule has 108 valence electrons. The molecule has 0 aromatic carbocycles. The van der Waals surface area contributed by atoms with Crippen molar-refractivity contribution >= 4 is 11.5 Å². The summed E-state index contributed by atoms with van der Waals surface area (Å²) >= 11 is 0. The first kappa shape index (κ1) is 15.5. The van der Waals surface area contributed by atoms with E-state index in [1.807, 2.05) is 6.92 Å². The molecule has 0 amide bonds. The van der Waals surface area contributed by atoms with Gasteiger partial charge in [-0.3, -0.25) is 0 Å². The number of aromatic nitrogens is 2. The predicted molar refractivity (Wildman–Crippen MR) is 76.2 cm³/mol. The highest BCUT2D eigenvalue weighted by atomic mass is 16.5. The Morgan fingerprint density at radius 3 is 2.68 bits per heavy atom. The highest BCUT2D eigenvalue weighted by molar-refractivity contribution is 5.66. The minimum absolute atomic E-state index is 0.0782. The lowest BCUT2D eigenvalue weighted by atomic mass is 9.89. The first-order valence-electron chi connectivity index (χ1n) is 6.48. The van der Waals surface area contributed by atoms with Crippen LogP contribution in [0.25, 0.3) is 0 Å². The maximum absolute atomic E-state index is 9.93. The lowest BCUT2D eigenvalue weighted by Crippen LogP contribution is -2.25. The van der Waals surface area contributed by atoms with Gasteiger partial charge < -0.3 is 20.9 Å². The summed E-state index contributed by atoms with van der Waals surface area (Å²) in [6.07, 6.45) is 1.63. The van der Waals surface area contributed by atoms with E-state index >= 15 is 0 Å². The van der Waals surface area contributed by atoms with Crippen LogP contribution in [0.4, 0.5) is 11.5 Å². The third kappa shape index (κ3) is 5.30. The van der Waals surface area contributed by atoms with Crippen LogP contribution in [0.15, 0.2) is 6.33 Å². The Bertz CT molecular complexity index is 404. The Balaban J connectivity index is 2.60. The summed E-state index contributed by atoms with van der Waals surface area (Å²) < 4.78 is 5.29. The molecule has 0 saturated heterocycles. The van der Waals surface area contributed by atoms with Gasteiger partial charge in [0.05, 0.1) is 12.7 Å². The van der Waals surface area contributed by atoms with Crippen molar-refractivity contribution in [3.05, 3.63) is 6.33 Å². The summed E-state index contributed by atoms with van der Waals surface area (Å²) in [6, 6.07) is 0. The van der Waals surface area contributed by atoms with Gasteiger partial charge >= 0.3 is 0 Å². The molecule has 6 heteroatoms. The average molecular weight is 268 g/mol. The van der Waals surface area contributed by atoms with Crippen LogP contribution in [0.3, 0.4) is 0 Å². The van der Waals surface area contributed by atoms with E-state index in [-0.39, 0.29) is 5.41 Å². The molecule has 1 aromatic heterocycles. The number of aliphatic hydroxyl groups excluding tert-OH is 1. The SMILES string of the molecule is CCOc1ncnc(NCC(O)CC(C)(C)C)c1N. The maximum Gasteiger partial charge on any atom is 0.242 e. The van der Waals surface area contributed by atoms with Crippen LogP contribution < -0.4 is 15.8 Å². The van der Waals surface area contributed by atoms with E-state index in [9.17, 15) is 5.11 Å². The first-order chi connectivity index (χ1) is 8.83. The molecule has 0 aliphatic rings. The molecule has 19 heavy (non-hydrogen) atoms. The number of anilines is 2. The van der Waals surface area contributed by atoms with E-state index in [0.29, 0.717) is 37.0 Å². The quantitative estimate of drug-likeness (QED) is 0.726. The fraction of sp³-hybridized carbons (Fsp3) is 0.692. The maximum atomic E-state index is 9.93. The van der Waals surface area contributed by atoms with Gasteiger partial charge in [-0.05, 0) is 18.8 Å². The van der Waals surface area contributed by atoms with Crippen LogP contribution >= 0.6 is 0 Å². The molecule has 0 bridgehead atoms. The van der Waals surface area contributed by atoms with E-state index < -0.39 is 6.10 Å². The number of aliphatic hydroxyl groups is 1. The first-order valence-corrected chi connectivity index (χ1v) is 6.48. The van der Waals surface area contributed by atoms with Gasteiger partial charge in [0.1, 0.15) is 12.0 Å². The predicted octanol–water partition coefficient (Wildman–Crippen LogP) is 1.67. The number of hydrogen-bond acceptors (Lipinski definition) is 6. The average Bonchev–Trinajstić information content (AvgIpc) is 2.28. The van der Waals surface area contributed by atoms with Gasteiger partial charge in [0, 0.05) is 6.54 Å². The number of nitrogens with zero attached hydrogens (tertiary/aromatic N) is 2. The Morgan fingerprint density at radius 1 is 1.42 bits per heavy atom. The highest BCUT2D eigenvalue weighted by Crippen LogP contribution is 2.25. The standard InChI is InChI=1S/C13H24N4O2/c1-5-19-12-10(14)11(16-8-17-12)15-7-9(18)6-13(2,3)4/h8-9,18H,5-7,14H2,1-4H3,(H,15,16,17). The van der Waals surface area contributed by atoms with E-state index in [1.165, 1.54) is 6.33 Å². The molecule has 0 radical (unpaired) electrons. The van der Waals surface area contributed by atoms with Crippen LogP contribution in [-0.2, 0) is 0 Å². The fourth-order valence-corrected chi connectivity index (χ4v) is 1.77. The number of nitrogen functional groups attached to an aromatic ring is 1. The van der Waals surface area contributed by atoms with Crippen molar-refractivity contribution in [1.29, 1.82) is 0 Å². The van der Waals surface area contributed by atoms with Crippen molar-refractivity contribution in [3.63, 3.8) is 0 Å². The van der Waals surface area contributed by atoms with Crippen molar-refractivity contribution in [2.45, 2.75) is 40.2 Å². The zero-order chi connectivity index (χ0) is 14.5. The number of hydrogen-bond donors (Lipinski definition) is 3. The summed E-state index contributed by atoms with van der Waals surface area (Å²) in [7, 11) is 0. The van der Waals surface area contributed by atoms with Crippen molar-refractivity contribution in [3.8, 4) is 5.88 Å². The molecule has 1 unspecified atom stereocenters. The molecule has 0 aliphatic carbocycles. The molecule has 1 rings (SSSR count). The van der Waals surface area contributed by atoms with E-state index in [1.54, 1.807) is 0 Å². The Labute approximate surface area is 114 Å². The van der Waals surface area contributed by atoms with Crippen LogP contribution in [0.2, 0.25) is 0 Å². The van der Waals surface area contributed by atoms with E-state index in [4.69, 9.17) is 10.5 Å². The topological polar surface area (TPSA) is 93.3 Å². The highest BCUT2D eigenvalue weighted by Gasteiger charge is 2.17. The summed E-state index contributed by atoms with van der Waals surface area (Å²) in [4.78, 5) is 8.01. The number of ether oxygens (including phenoxy) is 1. The molecular weight excluding hydrogens is 244 g/mol.